The van der Waals surface area contributed by atoms with Crippen LogP contribution in [0.15, 0.2) is 40.1 Å². The van der Waals surface area contributed by atoms with E-state index in [1.165, 1.54) is 6.07 Å². The number of hydrogen-bond acceptors (Lipinski definition) is 2. The summed E-state index contributed by atoms with van der Waals surface area (Å²) in [5.41, 5.74) is 5.46. The lowest BCUT2D eigenvalue weighted by Crippen LogP contribution is -1.94. The number of anilines is 1. The average Bonchev–Trinajstić information content (AvgIpc) is 2.30. The second-order valence-electron chi connectivity index (χ2n) is 3.48. The molecule has 0 aromatic heterocycles. The minimum absolute atomic E-state index is 0.0903. The fourth-order valence-electron chi connectivity index (χ4n) is 1.31. The Bertz CT molecular complexity index is 605. The minimum Gasteiger partial charge on any atom is -0.395 e. The van der Waals surface area contributed by atoms with Crippen LogP contribution in [0.25, 0.3) is 0 Å². The topological polar surface area (TPSA) is 26.0 Å². The molecule has 2 rings (SSSR count). The van der Waals surface area contributed by atoms with E-state index in [1.54, 1.807) is 18.2 Å². The molecule has 0 unspecified atom stereocenters. The fourth-order valence-corrected chi connectivity index (χ4v) is 2.62. The summed E-state index contributed by atoms with van der Waals surface area (Å²) >= 11 is 12.8. The van der Waals surface area contributed by atoms with E-state index in [-0.39, 0.29) is 5.69 Å². The van der Waals surface area contributed by atoms with E-state index in [2.05, 4.69) is 0 Å². The molecule has 0 amide bonds. The van der Waals surface area contributed by atoms with Gasteiger partial charge in [0.2, 0.25) is 0 Å². The maximum absolute atomic E-state index is 13.3. The van der Waals surface area contributed by atoms with Crippen molar-refractivity contribution in [2.75, 3.05) is 5.73 Å². The fraction of sp³-hybridized carbons (Fsp3) is 0. The maximum atomic E-state index is 13.3. The van der Waals surface area contributed by atoms with Crippen molar-refractivity contribution < 1.29 is 8.78 Å². The molecule has 0 heterocycles. The standard InChI is InChI=1S/C12H7Cl2F2NS/c13-8-2-1-7(5-9(8)14)18-11-4-6(15)3-10(16)12(11)17/h1-5H,17H2. The summed E-state index contributed by atoms with van der Waals surface area (Å²) in [7, 11) is 0. The SMILES string of the molecule is Nc1c(F)cc(F)cc1Sc1ccc(Cl)c(Cl)c1. The highest BCUT2D eigenvalue weighted by molar-refractivity contribution is 7.99. The highest BCUT2D eigenvalue weighted by atomic mass is 35.5. The Labute approximate surface area is 117 Å². The first-order valence-corrected chi connectivity index (χ1v) is 6.42. The predicted octanol–water partition coefficient (Wildman–Crippen LogP) is 5.01. The minimum atomic E-state index is -0.780. The van der Waals surface area contributed by atoms with Crippen LogP contribution in [-0.4, -0.2) is 0 Å². The number of benzene rings is 2. The smallest absolute Gasteiger partial charge is 0.150 e. The monoisotopic (exact) mass is 305 g/mol. The third-order valence-corrected chi connectivity index (χ3v) is 3.96. The van der Waals surface area contributed by atoms with Gasteiger partial charge in [-0.3, -0.25) is 0 Å². The van der Waals surface area contributed by atoms with Crippen molar-refractivity contribution in [2.24, 2.45) is 0 Å². The number of rotatable bonds is 2. The summed E-state index contributed by atoms with van der Waals surface area (Å²) in [6.45, 7) is 0. The lowest BCUT2D eigenvalue weighted by atomic mass is 10.3. The van der Waals surface area contributed by atoms with Crippen LogP contribution in [0.3, 0.4) is 0 Å². The first kappa shape index (κ1) is 13.5. The van der Waals surface area contributed by atoms with Crippen molar-refractivity contribution in [2.45, 2.75) is 9.79 Å². The first-order valence-electron chi connectivity index (χ1n) is 4.85. The van der Waals surface area contributed by atoms with Crippen molar-refractivity contribution in [1.82, 2.24) is 0 Å². The molecule has 0 aliphatic heterocycles. The Kier molecular flexibility index (Phi) is 4.00. The molecule has 0 fully saturated rings. The van der Waals surface area contributed by atoms with Crippen LogP contribution in [-0.2, 0) is 0 Å². The van der Waals surface area contributed by atoms with E-state index >= 15 is 0 Å². The summed E-state index contributed by atoms with van der Waals surface area (Å²) in [5, 5.41) is 0.788. The van der Waals surface area contributed by atoms with Gasteiger partial charge in [-0.25, -0.2) is 8.78 Å². The molecule has 0 saturated heterocycles. The van der Waals surface area contributed by atoms with E-state index in [0.29, 0.717) is 19.8 Å². The zero-order valence-electron chi connectivity index (χ0n) is 8.88. The zero-order valence-corrected chi connectivity index (χ0v) is 11.2. The van der Waals surface area contributed by atoms with Gasteiger partial charge in [0.15, 0.2) is 0 Å². The molecule has 6 heteroatoms. The van der Waals surface area contributed by atoms with Crippen molar-refractivity contribution in [3.8, 4) is 0 Å². The molecule has 18 heavy (non-hydrogen) atoms. The van der Waals surface area contributed by atoms with E-state index in [0.717, 1.165) is 17.8 Å². The molecule has 2 aromatic carbocycles. The molecule has 94 valence electrons. The molecule has 0 bridgehead atoms. The summed E-state index contributed by atoms with van der Waals surface area (Å²) in [6, 6.07) is 6.83. The molecule has 0 spiro atoms. The molecule has 1 nitrogen and oxygen atoms in total. The van der Waals surface area contributed by atoms with E-state index in [9.17, 15) is 8.78 Å². The normalized spacial score (nSPS) is 10.7. The van der Waals surface area contributed by atoms with Crippen molar-refractivity contribution in [3.63, 3.8) is 0 Å². The molecule has 0 aliphatic rings. The predicted molar refractivity (Wildman–Crippen MR) is 71.4 cm³/mol. The Morgan fingerprint density at radius 3 is 2.39 bits per heavy atom. The number of nitrogen functional groups attached to an aromatic ring is 1. The Balaban J connectivity index is 2.36. The number of nitrogens with two attached hydrogens (primary N) is 1. The molecular weight excluding hydrogens is 299 g/mol. The summed E-state index contributed by atoms with van der Waals surface area (Å²) in [5.74, 6) is -1.46. The van der Waals surface area contributed by atoms with Crippen LogP contribution in [0.4, 0.5) is 14.5 Å². The first-order chi connectivity index (χ1) is 8.47. The Morgan fingerprint density at radius 2 is 1.72 bits per heavy atom. The van der Waals surface area contributed by atoms with Crippen molar-refractivity contribution in [1.29, 1.82) is 0 Å². The van der Waals surface area contributed by atoms with Crippen molar-refractivity contribution >= 4 is 40.7 Å². The lowest BCUT2D eigenvalue weighted by Gasteiger charge is -2.07. The second-order valence-corrected chi connectivity index (χ2v) is 5.41. The third-order valence-electron chi connectivity index (χ3n) is 2.18. The van der Waals surface area contributed by atoms with E-state index in [1.807, 2.05) is 0 Å². The van der Waals surface area contributed by atoms with Gasteiger partial charge in [0.1, 0.15) is 11.6 Å². The number of hydrogen-bond donors (Lipinski definition) is 1. The quantitative estimate of drug-likeness (QED) is 0.790. The number of halogens is 4. The van der Waals surface area contributed by atoms with Crippen LogP contribution in [0.1, 0.15) is 0 Å². The Hall–Kier alpha value is -0.970. The highest BCUT2D eigenvalue weighted by Gasteiger charge is 2.10. The van der Waals surface area contributed by atoms with Crippen LogP contribution >= 0.6 is 35.0 Å². The van der Waals surface area contributed by atoms with Gasteiger partial charge >= 0.3 is 0 Å². The lowest BCUT2D eigenvalue weighted by molar-refractivity contribution is 0.581. The van der Waals surface area contributed by atoms with E-state index < -0.39 is 11.6 Å². The van der Waals surface area contributed by atoms with Crippen LogP contribution in [0.2, 0.25) is 10.0 Å². The Morgan fingerprint density at radius 1 is 1.00 bits per heavy atom. The van der Waals surface area contributed by atoms with E-state index in [4.69, 9.17) is 28.9 Å². The molecule has 0 radical (unpaired) electrons. The van der Waals surface area contributed by atoms with Gasteiger partial charge in [0, 0.05) is 15.9 Å². The largest absolute Gasteiger partial charge is 0.395 e. The summed E-state index contributed by atoms with van der Waals surface area (Å²) < 4.78 is 26.4. The van der Waals surface area contributed by atoms with Crippen LogP contribution < -0.4 is 5.73 Å². The molecular formula is C12H7Cl2F2NS. The zero-order chi connectivity index (χ0) is 13.3. The second kappa shape index (κ2) is 5.34. The van der Waals surface area contributed by atoms with Gasteiger partial charge in [-0.05, 0) is 24.3 Å². The maximum Gasteiger partial charge on any atom is 0.150 e. The molecule has 2 aromatic rings. The van der Waals surface area contributed by atoms with Gasteiger partial charge < -0.3 is 5.73 Å². The van der Waals surface area contributed by atoms with Gasteiger partial charge in [-0.15, -0.1) is 0 Å². The molecule has 2 N–H and O–H groups in total. The van der Waals surface area contributed by atoms with Gasteiger partial charge in [0.25, 0.3) is 0 Å². The van der Waals surface area contributed by atoms with Crippen LogP contribution in [0.5, 0.6) is 0 Å². The van der Waals surface area contributed by atoms with Crippen LogP contribution in [0, 0.1) is 11.6 Å². The van der Waals surface area contributed by atoms with Gasteiger partial charge in [0.05, 0.1) is 15.7 Å². The molecule has 0 aliphatic carbocycles. The molecule has 0 saturated carbocycles. The third kappa shape index (κ3) is 2.88. The van der Waals surface area contributed by atoms with Gasteiger partial charge in [-0.2, -0.15) is 0 Å². The average molecular weight is 306 g/mol. The highest BCUT2D eigenvalue weighted by Crippen LogP contribution is 2.36. The van der Waals surface area contributed by atoms with Crippen molar-refractivity contribution in [3.05, 3.63) is 52.0 Å². The summed E-state index contributed by atoms with van der Waals surface area (Å²) in [4.78, 5) is 0.993. The summed E-state index contributed by atoms with van der Waals surface area (Å²) in [6.07, 6.45) is 0. The van der Waals surface area contributed by atoms with Gasteiger partial charge in [-0.1, -0.05) is 35.0 Å². The molecule has 0 atom stereocenters.